The Morgan fingerprint density at radius 3 is 2.79 bits per heavy atom. The van der Waals surface area contributed by atoms with E-state index in [1.165, 1.54) is 11.3 Å². The molecule has 0 saturated carbocycles. The molecule has 2 amide bonds. The van der Waals surface area contributed by atoms with Gasteiger partial charge in [0, 0.05) is 49.5 Å². The van der Waals surface area contributed by atoms with Crippen molar-refractivity contribution in [1.82, 2.24) is 14.8 Å². The van der Waals surface area contributed by atoms with E-state index in [1.54, 1.807) is 12.3 Å². The molecule has 7 nitrogen and oxygen atoms in total. The van der Waals surface area contributed by atoms with Gasteiger partial charge >= 0.3 is 0 Å². The lowest BCUT2D eigenvalue weighted by Crippen LogP contribution is -2.55. The van der Waals surface area contributed by atoms with Crippen LogP contribution in [0.3, 0.4) is 0 Å². The maximum Gasteiger partial charge on any atom is 0.267 e. The van der Waals surface area contributed by atoms with Crippen LogP contribution in [0.15, 0.2) is 18.3 Å². The third-order valence-corrected chi connectivity index (χ3v) is 7.60. The van der Waals surface area contributed by atoms with Crippen LogP contribution in [-0.2, 0) is 16.1 Å². The standard InChI is InChI=1S/C24H31ClN4O3S/c1-15-12-28(6-7-29(15)24(31)18-5-4-8-32-14-18)13-19-9-20(25)10-21(16(19)2)27-23(30)22-11-26-17(3)33-22/h9-11,15,18H,4-8,12-14H2,1-3H3,(H,27,30)/t15-,18-/m0/s1. The van der Waals surface area contributed by atoms with Gasteiger partial charge in [-0.3, -0.25) is 14.5 Å². The molecule has 4 rings (SSSR count). The Morgan fingerprint density at radius 1 is 1.30 bits per heavy atom. The molecule has 0 unspecified atom stereocenters. The summed E-state index contributed by atoms with van der Waals surface area (Å²) in [5.74, 6) is 0.0462. The molecule has 0 aliphatic carbocycles. The van der Waals surface area contributed by atoms with Crippen LogP contribution >= 0.6 is 22.9 Å². The van der Waals surface area contributed by atoms with Crippen molar-refractivity contribution >= 4 is 40.4 Å². The molecule has 2 saturated heterocycles. The molecule has 0 bridgehead atoms. The van der Waals surface area contributed by atoms with Crippen LogP contribution < -0.4 is 5.32 Å². The molecule has 9 heteroatoms. The number of ether oxygens (including phenoxy) is 1. The molecule has 2 atom stereocenters. The van der Waals surface area contributed by atoms with Gasteiger partial charge in [-0.05, 0) is 56.9 Å². The Labute approximate surface area is 204 Å². The second kappa shape index (κ2) is 10.5. The van der Waals surface area contributed by atoms with Crippen LogP contribution in [0.4, 0.5) is 5.69 Å². The van der Waals surface area contributed by atoms with E-state index < -0.39 is 0 Å². The van der Waals surface area contributed by atoms with Crippen molar-refractivity contribution in [3.05, 3.63) is 44.4 Å². The Balaban J connectivity index is 1.41. The van der Waals surface area contributed by atoms with Crippen LogP contribution in [0, 0.1) is 19.8 Å². The van der Waals surface area contributed by atoms with Gasteiger partial charge in [-0.15, -0.1) is 11.3 Å². The molecule has 33 heavy (non-hydrogen) atoms. The molecule has 1 N–H and O–H groups in total. The zero-order chi connectivity index (χ0) is 23.5. The summed E-state index contributed by atoms with van der Waals surface area (Å²) in [6.45, 7) is 10.3. The second-order valence-corrected chi connectivity index (χ2v) is 10.6. The number of rotatable bonds is 5. The fourth-order valence-electron chi connectivity index (χ4n) is 4.59. The minimum absolute atomic E-state index is 0.00331. The number of benzene rings is 1. The Bertz CT molecular complexity index is 1020. The maximum atomic E-state index is 13.0. The van der Waals surface area contributed by atoms with Gasteiger partial charge < -0.3 is 15.0 Å². The third kappa shape index (κ3) is 5.74. The summed E-state index contributed by atoms with van der Waals surface area (Å²) in [4.78, 5) is 34.7. The topological polar surface area (TPSA) is 74.8 Å². The number of carbonyl (C=O) groups excluding carboxylic acids is 2. The van der Waals surface area contributed by atoms with E-state index in [1.807, 2.05) is 24.8 Å². The van der Waals surface area contributed by atoms with Gasteiger partial charge in [0.15, 0.2) is 0 Å². The zero-order valence-corrected chi connectivity index (χ0v) is 21.0. The Kier molecular flexibility index (Phi) is 7.69. The molecule has 2 aliphatic heterocycles. The van der Waals surface area contributed by atoms with Crippen LogP contribution in [0.25, 0.3) is 0 Å². The molecule has 2 aliphatic rings. The zero-order valence-electron chi connectivity index (χ0n) is 19.4. The minimum atomic E-state index is -0.177. The highest BCUT2D eigenvalue weighted by Crippen LogP contribution is 2.28. The van der Waals surface area contributed by atoms with E-state index in [0.717, 1.165) is 48.7 Å². The molecule has 3 heterocycles. The fraction of sp³-hybridized carbons (Fsp3) is 0.542. The lowest BCUT2D eigenvalue weighted by Gasteiger charge is -2.42. The Morgan fingerprint density at radius 2 is 2.12 bits per heavy atom. The normalized spacial score (nSPS) is 21.8. The first kappa shape index (κ1) is 24.1. The lowest BCUT2D eigenvalue weighted by molar-refractivity contribution is -0.144. The van der Waals surface area contributed by atoms with Gasteiger partial charge in [0.1, 0.15) is 4.88 Å². The minimum Gasteiger partial charge on any atom is -0.381 e. The van der Waals surface area contributed by atoms with E-state index in [-0.39, 0.29) is 23.8 Å². The number of hydrogen-bond donors (Lipinski definition) is 1. The van der Waals surface area contributed by atoms with Crippen LogP contribution in [0.2, 0.25) is 5.02 Å². The van der Waals surface area contributed by atoms with E-state index in [2.05, 4.69) is 22.1 Å². The van der Waals surface area contributed by atoms with Gasteiger partial charge in [-0.1, -0.05) is 11.6 Å². The molecule has 0 spiro atoms. The van der Waals surface area contributed by atoms with Crippen molar-refractivity contribution in [2.75, 3.05) is 38.2 Å². The second-order valence-electron chi connectivity index (χ2n) is 8.96. The highest BCUT2D eigenvalue weighted by molar-refractivity contribution is 7.13. The summed E-state index contributed by atoms with van der Waals surface area (Å²) in [6.07, 6.45) is 3.47. The van der Waals surface area contributed by atoms with Crippen molar-refractivity contribution in [2.45, 2.75) is 46.2 Å². The predicted molar refractivity (Wildman–Crippen MR) is 131 cm³/mol. The van der Waals surface area contributed by atoms with Gasteiger partial charge in [0.05, 0.1) is 23.7 Å². The molecule has 178 valence electrons. The monoisotopic (exact) mass is 490 g/mol. The third-order valence-electron chi connectivity index (χ3n) is 6.47. The number of aromatic nitrogens is 1. The molecular formula is C24H31ClN4O3S. The predicted octanol–water partition coefficient (Wildman–Crippen LogP) is 4.12. The summed E-state index contributed by atoms with van der Waals surface area (Å²) < 4.78 is 5.52. The van der Waals surface area contributed by atoms with Crippen LogP contribution in [0.1, 0.15) is 45.6 Å². The molecule has 1 aromatic carbocycles. The number of anilines is 1. The van der Waals surface area contributed by atoms with E-state index in [0.29, 0.717) is 35.3 Å². The molecule has 0 radical (unpaired) electrons. The SMILES string of the molecule is Cc1ncc(C(=O)Nc2cc(Cl)cc(CN3CCN(C(=O)[C@H]4CCCOC4)[C@@H](C)C3)c2C)s1. The number of nitrogens with zero attached hydrogens (tertiary/aromatic N) is 3. The Hall–Kier alpha value is -2.00. The quantitative estimate of drug-likeness (QED) is 0.682. The summed E-state index contributed by atoms with van der Waals surface area (Å²) in [5, 5.41) is 4.43. The van der Waals surface area contributed by atoms with Crippen LogP contribution in [0.5, 0.6) is 0 Å². The number of hydrogen-bond acceptors (Lipinski definition) is 6. The molecule has 2 fully saturated rings. The largest absolute Gasteiger partial charge is 0.381 e. The van der Waals surface area contributed by atoms with E-state index >= 15 is 0 Å². The van der Waals surface area contributed by atoms with Gasteiger partial charge in [-0.25, -0.2) is 4.98 Å². The van der Waals surface area contributed by atoms with Gasteiger partial charge in [0.25, 0.3) is 5.91 Å². The van der Waals surface area contributed by atoms with Crippen LogP contribution in [-0.4, -0.2) is 65.5 Å². The highest BCUT2D eigenvalue weighted by atomic mass is 35.5. The van der Waals surface area contributed by atoms with E-state index in [9.17, 15) is 9.59 Å². The first-order valence-corrected chi connectivity index (χ1v) is 12.6. The highest BCUT2D eigenvalue weighted by Gasteiger charge is 2.33. The average molecular weight is 491 g/mol. The molecular weight excluding hydrogens is 460 g/mol. The lowest BCUT2D eigenvalue weighted by atomic mass is 9.99. The maximum absolute atomic E-state index is 13.0. The number of carbonyl (C=O) groups is 2. The smallest absolute Gasteiger partial charge is 0.267 e. The number of thiazole rings is 1. The summed E-state index contributed by atoms with van der Waals surface area (Å²) >= 11 is 7.77. The van der Waals surface area contributed by atoms with E-state index in [4.69, 9.17) is 16.3 Å². The number of piperazine rings is 1. The molecule has 2 aromatic rings. The van der Waals surface area contributed by atoms with Gasteiger partial charge in [-0.2, -0.15) is 0 Å². The number of aryl methyl sites for hydroxylation is 1. The molecule has 1 aromatic heterocycles. The van der Waals surface area contributed by atoms with Gasteiger partial charge in [0.2, 0.25) is 5.91 Å². The summed E-state index contributed by atoms with van der Waals surface area (Å²) in [6, 6.07) is 3.89. The average Bonchev–Trinajstić information content (AvgIpc) is 3.23. The first-order chi connectivity index (χ1) is 15.8. The summed E-state index contributed by atoms with van der Waals surface area (Å²) in [7, 11) is 0. The van der Waals surface area contributed by atoms with Crippen molar-refractivity contribution in [1.29, 1.82) is 0 Å². The van der Waals surface area contributed by atoms with Crippen molar-refractivity contribution < 1.29 is 14.3 Å². The van der Waals surface area contributed by atoms with Crippen molar-refractivity contribution in [2.24, 2.45) is 5.92 Å². The first-order valence-electron chi connectivity index (χ1n) is 11.4. The number of amides is 2. The van der Waals surface area contributed by atoms with Crippen molar-refractivity contribution in [3.8, 4) is 0 Å². The number of nitrogens with one attached hydrogen (secondary N) is 1. The van der Waals surface area contributed by atoms with Crippen molar-refractivity contribution in [3.63, 3.8) is 0 Å². The fourth-order valence-corrected chi connectivity index (χ4v) is 5.51. The number of halogens is 1. The summed E-state index contributed by atoms with van der Waals surface area (Å²) in [5.41, 5.74) is 2.79.